The summed E-state index contributed by atoms with van der Waals surface area (Å²) in [5.41, 5.74) is 0.788. The first-order valence-corrected chi connectivity index (χ1v) is 9.09. The fourth-order valence-corrected chi connectivity index (χ4v) is 3.46. The van der Waals surface area contributed by atoms with E-state index in [9.17, 15) is 4.79 Å². The van der Waals surface area contributed by atoms with Crippen LogP contribution in [0, 0.1) is 0 Å². The third kappa shape index (κ3) is 4.61. The summed E-state index contributed by atoms with van der Waals surface area (Å²) >= 11 is 11.9. The number of halogens is 2. The number of aryl methyl sites for hydroxylation is 1. The topological polar surface area (TPSA) is 51.0 Å². The van der Waals surface area contributed by atoms with Crippen LogP contribution < -0.4 is 0 Å². The number of hydrogen-bond acceptors (Lipinski definition) is 3. The minimum Gasteiger partial charge on any atom is -0.335 e. The van der Waals surface area contributed by atoms with Crippen molar-refractivity contribution in [2.45, 2.75) is 38.8 Å². The Balaban J connectivity index is 1.67. The number of hydrogen-bond donors (Lipinski definition) is 0. The summed E-state index contributed by atoms with van der Waals surface area (Å²) in [6.45, 7) is 1.36. The fraction of sp³-hybridized carbons (Fsp3) is 0.389. The molecule has 0 aliphatic carbocycles. The van der Waals surface area contributed by atoms with E-state index in [1.807, 2.05) is 0 Å². The number of carbonyl (C=O) groups excluding carboxylic acids is 1. The Morgan fingerprint density at radius 1 is 1.20 bits per heavy atom. The molecule has 0 N–H and O–H groups in total. The molecule has 0 spiro atoms. The lowest BCUT2D eigenvalue weighted by molar-refractivity contribution is -0.125. The van der Waals surface area contributed by atoms with Gasteiger partial charge in [0.05, 0.1) is 6.54 Å². The number of fused-ring (bicyclic) bond motifs is 1. The number of aromatic nitrogens is 3. The highest BCUT2D eigenvalue weighted by Crippen LogP contribution is 2.20. The van der Waals surface area contributed by atoms with Crippen molar-refractivity contribution in [1.29, 1.82) is 0 Å². The van der Waals surface area contributed by atoms with Crippen molar-refractivity contribution in [2.24, 2.45) is 0 Å². The van der Waals surface area contributed by atoms with Crippen LogP contribution in [0.5, 0.6) is 0 Å². The van der Waals surface area contributed by atoms with E-state index >= 15 is 0 Å². The molecule has 25 heavy (non-hydrogen) atoms. The van der Waals surface area contributed by atoms with Crippen LogP contribution in [-0.2, 0) is 24.3 Å². The molecule has 0 bridgehead atoms. The van der Waals surface area contributed by atoms with E-state index in [0.717, 1.165) is 43.0 Å². The van der Waals surface area contributed by atoms with Gasteiger partial charge in [-0.1, -0.05) is 29.6 Å². The first-order valence-electron chi connectivity index (χ1n) is 8.33. The van der Waals surface area contributed by atoms with Crippen LogP contribution in [0.2, 0.25) is 10.0 Å². The molecule has 1 aliphatic rings. The molecule has 3 rings (SSSR count). The lowest BCUT2D eigenvalue weighted by atomic mass is 10.2. The molecule has 7 heteroatoms. The van der Waals surface area contributed by atoms with Crippen LogP contribution >= 0.6 is 23.2 Å². The van der Waals surface area contributed by atoms with Crippen molar-refractivity contribution < 1.29 is 4.79 Å². The second kappa shape index (κ2) is 8.02. The van der Waals surface area contributed by atoms with Crippen LogP contribution in [0.3, 0.4) is 0 Å². The number of nitrogens with zero attached hydrogens (tertiary/aromatic N) is 4. The van der Waals surface area contributed by atoms with Gasteiger partial charge in [0.1, 0.15) is 5.82 Å². The molecule has 132 valence electrons. The average Bonchev–Trinajstić information content (AvgIpc) is 2.79. The van der Waals surface area contributed by atoms with Crippen molar-refractivity contribution >= 4 is 35.2 Å². The molecule has 5 nitrogen and oxygen atoms in total. The zero-order valence-corrected chi connectivity index (χ0v) is 15.6. The largest absolute Gasteiger partial charge is 0.335 e. The quantitative estimate of drug-likeness (QED) is 0.755. The summed E-state index contributed by atoms with van der Waals surface area (Å²) in [7, 11) is 1.76. The standard InChI is InChI=1S/C18H20Cl2N4O/c1-23(12-17-22-21-16-5-3-2-4-8-24(16)17)18(25)7-6-13-9-14(19)11-15(20)10-13/h6-7,9-11H,2-5,8,12H2,1H3/b7-6-. The predicted octanol–water partition coefficient (Wildman–Crippen LogP) is 3.98. The molecule has 0 fully saturated rings. The first kappa shape index (κ1) is 18.0. The third-order valence-corrected chi connectivity index (χ3v) is 4.68. The summed E-state index contributed by atoms with van der Waals surface area (Å²) in [4.78, 5) is 14.0. The van der Waals surface area contributed by atoms with Crippen LogP contribution in [-0.4, -0.2) is 32.6 Å². The lowest BCUT2D eigenvalue weighted by Crippen LogP contribution is -2.26. The zero-order chi connectivity index (χ0) is 17.8. The molecule has 0 saturated heterocycles. The van der Waals surface area contributed by atoms with Gasteiger partial charge in [-0.15, -0.1) is 10.2 Å². The third-order valence-electron chi connectivity index (χ3n) is 4.24. The number of likely N-dealkylation sites (N-methyl/N-ethyl adjacent to an activating group) is 1. The summed E-state index contributed by atoms with van der Waals surface area (Å²) in [5.74, 6) is 1.76. The average molecular weight is 379 g/mol. The van der Waals surface area contributed by atoms with Gasteiger partial charge in [-0.25, -0.2) is 0 Å². The monoisotopic (exact) mass is 378 g/mol. The van der Waals surface area contributed by atoms with Crippen LogP contribution in [0.1, 0.15) is 36.5 Å². The Labute approximate surface area is 157 Å². The van der Waals surface area contributed by atoms with Gasteiger partial charge in [0.15, 0.2) is 5.82 Å². The molecule has 1 aliphatic heterocycles. The van der Waals surface area contributed by atoms with Crippen molar-refractivity contribution in [3.8, 4) is 0 Å². The van der Waals surface area contributed by atoms with Gasteiger partial charge in [0.25, 0.3) is 0 Å². The highest BCUT2D eigenvalue weighted by Gasteiger charge is 2.17. The van der Waals surface area contributed by atoms with E-state index in [1.54, 1.807) is 36.2 Å². The smallest absolute Gasteiger partial charge is 0.246 e. The van der Waals surface area contributed by atoms with Crippen LogP contribution in [0.25, 0.3) is 6.08 Å². The summed E-state index contributed by atoms with van der Waals surface area (Å²) < 4.78 is 2.15. The molecule has 2 aromatic rings. The van der Waals surface area contributed by atoms with E-state index in [-0.39, 0.29) is 5.91 Å². The molecular weight excluding hydrogens is 359 g/mol. The van der Waals surface area contributed by atoms with Gasteiger partial charge in [-0.3, -0.25) is 4.79 Å². The highest BCUT2D eigenvalue weighted by atomic mass is 35.5. The van der Waals surface area contributed by atoms with E-state index in [1.165, 1.54) is 12.5 Å². The predicted molar refractivity (Wildman–Crippen MR) is 99.5 cm³/mol. The fourth-order valence-electron chi connectivity index (χ4n) is 2.92. The Morgan fingerprint density at radius 3 is 2.72 bits per heavy atom. The molecule has 1 amide bonds. The number of benzene rings is 1. The SMILES string of the molecule is CN(Cc1nnc2n1CCCCC2)C(=O)/C=C\c1cc(Cl)cc(Cl)c1. The Hall–Kier alpha value is -1.85. The summed E-state index contributed by atoms with van der Waals surface area (Å²) in [5, 5.41) is 9.61. The minimum atomic E-state index is -0.109. The van der Waals surface area contributed by atoms with E-state index in [4.69, 9.17) is 23.2 Å². The molecule has 0 unspecified atom stereocenters. The van der Waals surface area contributed by atoms with Gasteiger partial charge in [0.2, 0.25) is 5.91 Å². The normalized spacial score (nSPS) is 14.4. The van der Waals surface area contributed by atoms with Crippen LogP contribution in [0.4, 0.5) is 0 Å². The molecule has 1 aromatic heterocycles. The Kier molecular flexibility index (Phi) is 5.76. The number of carbonyl (C=O) groups is 1. The maximum atomic E-state index is 12.4. The second-order valence-electron chi connectivity index (χ2n) is 6.23. The minimum absolute atomic E-state index is 0.109. The van der Waals surface area contributed by atoms with E-state index in [0.29, 0.717) is 16.6 Å². The first-order chi connectivity index (χ1) is 12.0. The van der Waals surface area contributed by atoms with Gasteiger partial charge in [-0.05, 0) is 42.7 Å². The van der Waals surface area contributed by atoms with Crippen molar-refractivity contribution in [2.75, 3.05) is 7.05 Å². The Bertz CT molecular complexity index is 780. The van der Waals surface area contributed by atoms with Gasteiger partial charge in [0, 0.05) is 36.1 Å². The van der Waals surface area contributed by atoms with Gasteiger partial charge in [-0.2, -0.15) is 0 Å². The maximum absolute atomic E-state index is 12.4. The molecule has 0 saturated carbocycles. The number of rotatable bonds is 4. The van der Waals surface area contributed by atoms with Crippen molar-refractivity contribution in [3.63, 3.8) is 0 Å². The second-order valence-corrected chi connectivity index (χ2v) is 7.10. The van der Waals surface area contributed by atoms with Crippen molar-refractivity contribution in [1.82, 2.24) is 19.7 Å². The van der Waals surface area contributed by atoms with Crippen molar-refractivity contribution in [3.05, 3.63) is 51.5 Å². The molecule has 2 heterocycles. The van der Waals surface area contributed by atoms with E-state index in [2.05, 4.69) is 14.8 Å². The van der Waals surface area contributed by atoms with E-state index < -0.39 is 0 Å². The lowest BCUT2D eigenvalue weighted by Gasteiger charge is -2.15. The van der Waals surface area contributed by atoms with Crippen LogP contribution in [0.15, 0.2) is 24.3 Å². The summed E-state index contributed by atoms with van der Waals surface area (Å²) in [6, 6.07) is 5.18. The summed E-state index contributed by atoms with van der Waals surface area (Å²) in [6.07, 6.45) is 7.67. The maximum Gasteiger partial charge on any atom is 0.246 e. The molecule has 0 atom stereocenters. The number of amides is 1. The highest BCUT2D eigenvalue weighted by molar-refractivity contribution is 6.34. The Morgan fingerprint density at radius 2 is 1.96 bits per heavy atom. The molecule has 1 aromatic carbocycles. The zero-order valence-electron chi connectivity index (χ0n) is 14.1. The van der Waals surface area contributed by atoms with Gasteiger partial charge < -0.3 is 9.47 Å². The molecule has 0 radical (unpaired) electrons. The molecular formula is C18H20Cl2N4O. The van der Waals surface area contributed by atoms with Gasteiger partial charge >= 0.3 is 0 Å².